The number of anilines is 1. The Kier molecular flexibility index (Phi) is 3.78. The van der Waals surface area contributed by atoms with Gasteiger partial charge in [0.25, 0.3) is 5.56 Å². The van der Waals surface area contributed by atoms with Crippen LogP contribution in [0.4, 0.5) is 5.82 Å². The largest absolute Gasteiger partial charge is 0.352 e. The van der Waals surface area contributed by atoms with Crippen molar-refractivity contribution in [2.75, 3.05) is 18.0 Å². The average molecular weight is 236 g/mol. The monoisotopic (exact) mass is 236 g/mol. The molecule has 2 rings (SSSR count). The highest BCUT2D eigenvalue weighted by Gasteiger charge is 2.23. The molecule has 0 unspecified atom stereocenters. The molecule has 5 heteroatoms. The van der Waals surface area contributed by atoms with Gasteiger partial charge < -0.3 is 15.6 Å². The quantitative estimate of drug-likeness (QED) is 0.810. The first-order chi connectivity index (χ1) is 8.20. The van der Waals surface area contributed by atoms with E-state index >= 15 is 0 Å². The number of hydrogen-bond acceptors (Lipinski definition) is 4. The van der Waals surface area contributed by atoms with Gasteiger partial charge in [0.15, 0.2) is 0 Å². The Hall–Kier alpha value is -1.36. The van der Waals surface area contributed by atoms with Crippen LogP contribution in [0.2, 0.25) is 0 Å². The zero-order valence-electron chi connectivity index (χ0n) is 10.3. The van der Waals surface area contributed by atoms with Gasteiger partial charge in [-0.3, -0.25) is 4.79 Å². The summed E-state index contributed by atoms with van der Waals surface area (Å²) in [5.74, 6) is 1.43. The Bertz CT molecular complexity index is 423. The van der Waals surface area contributed by atoms with Gasteiger partial charge in [-0.25, -0.2) is 4.98 Å². The van der Waals surface area contributed by atoms with Crippen molar-refractivity contribution in [3.05, 3.63) is 22.2 Å². The van der Waals surface area contributed by atoms with Gasteiger partial charge in [0.05, 0.1) is 0 Å². The Labute approximate surface area is 101 Å². The van der Waals surface area contributed by atoms with E-state index in [1.807, 2.05) is 0 Å². The molecule has 3 N–H and O–H groups in total. The Morgan fingerprint density at radius 1 is 1.53 bits per heavy atom. The molecule has 0 radical (unpaired) electrons. The summed E-state index contributed by atoms with van der Waals surface area (Å²) in [4.78, 5) is 20.8. The zero-order chi connectivity index (χ0) is 12.3. The number of aryl methyl sites for hydroxylation is 1. The smallest absolute Gasteiger partial charge is 0.252 e. The number of hydrogen-bond donors (Lipinski definition) is 2. The van der Waals surface area contributed by atoms with Crippen molar-refractivity contribution in [2.45, 2.75) is 38.6 Å². The lowest BCUT2D eigenvalue weighted by atomic mass is 10.2. The van der Waals surface area contributed by atoms with Crippen LogP contribution in [-0.4, -0.2) is 29.1 Å². The van der Waals surface area contributed by atoms with Gasteiger partial charge in [-0.2, -0.15) is 0 Å². The van der Waals surface area contributed by atoms with Crippen LogP contribution in [0.15, 0.2) is 10.9 Å². The molecule has 0 spiro atoms. The predicted octanol–water partition coefficient (Wildman–Crippen LogP) is 0.786. The first-order valence-corrected chi connectivity index (χ1v) is 6.25. The molecule has 0 aromatic carbocycles. The van der Waals surface area contributed by atoms with E-state index in [1.54, 1.807) is 13.0 Å². The minimum Gasteiger partial charge on any atom is -0.352 e. The number of aromatic amines is 1. The molecular formula is C12H20N4O. The Morgan fingerprint density at radius 2 is 2.24 bits per heavy atom. The zero-order valence-corrected chi connectivity index (χ0v) is 10.3. The summed E-state index contributed by atoms with van der Waals surface area (Å²) in [6, 6.07) is 2.06. The topological polar surface area (TPSA) is 75.0 Å². The normalized spacial score (nSPS) is 16.4. The third kappa shape index (κ3) is 2.85. The molecule has 0 atom stereocenters. The molecule has 1 aliphatic carbocycles. The summed E-state index contributed by atoms with van der Waals surface area (Å²) < 4.78 is 0. The van der Waals surface area contributed by atoms with Gasteiger partial charge >= 0.3 is 0 Å². The van der Waals surface area contributed by atoms with Crippen LogP contribution in [0.25, 0.3) is 0 Å². The van der Waals surface area contributed by atoms with Crippen molar-refractivity contribution in [2.24, 2.45) is 5.73 Å². The predicted molar refractivity (Wildman–Crippen MR) is 68.3 cm³/mol. The van der Waals surface area contributed by atoms with E-state index in [1.165, 1.54) is 25.7 Å². The molecule has 94 valence electrons. The minimum absolute atomic E-state index is 0.0903. The van der Waals surface area contributed by atoms with Crippen LogP contribution >= 0.6 is 0 Å². The second kappa shape index (κ2) is 5.31. The van der Waals surface area contributed by atoms with Crippen LogP contribution in [0.1, 0.15) is 31.5 Å². The van der Waals surface area contributed by atoms with Crippen LogP contribution in [-0.2, 0) is 0 Å². The van der Waals surface area contributed by atoms with E-state index in [9.17, 15) is 4.79 Å². The van der Waals surface area contributed by atoms with Gasteiger partial charge in [0.2, 0.25) is 0 Å². The van der Waals surface area contributed by atoms with E-state index < -0.39 is 0 Å². The van der Waals surface area contributed by atoms with E-state index in [2.05, 4.69) is 14.9 Å². The van der Waals surface area contributed by atoms with Crippen molar-refractivity contribution in [3.8, 4) is 0 Å². The van der Waals surface area contributed by atoms with Gasteiger partial charge in [-0.05, 0) is 19.8 Å². The van der Waals surface area contributed by atoms with Crippen molar-refractivity contribution >= 4 is 5.82 Å². The highest BCUT2D eigenvalue weighted by Crippen LogP contribution is 2.26. The summed E-state index contributed by atoms with van der Waals surface area (Å²) in [5, 5.41) is 0. The number of nitrogens with two attached hydrogens (primary N) is 1. The second-order valence-electron chi connectivity index (χ2n) is 4.61. The van der Waals surface area contributed by atoms with Crippen molar-refractivity contribution in [3.63, 3.8) is 0 Å². The highest BCUT2D eigenvalue weighted by molar-refractivity contribution is 5.39. The molecule has 1 fully saturated rings. The Morgan fingerprint density at radius 3 is 2.82 bits per heavy atom. The molecule has 1 aliphatic rings. The van der Waals surface area contributed by atoms with Gasteiger partial charge in [-0.15, -0.1) is 0 Å². The fourth-order valence-electron chi connectivity index (χ4n) is 2.55. The molecule has 17 heavy (non-hydrogen) atoms. The number of nitrogens with one attached hydrogen (secondary N) is 1. The highest BCUT2D eigenvalue weighted by atomic mass is 16.1. The van der Waals surface area contributed by atoms with E-state index in [4.69, 9.17) is 5.73 Å². The molecule has 1 saturated carbocycles. The Balaban J connectivity index is 2.27. The fraction of sp³-hybridized carbons (Fsp3) is 0.667. The van der Waals surface area contributed by atoms with Crippen LogP contribution < -0.4 is 16.2 Å². The van der Waals surface area contributed by atoms with Crippen molar-refractivity contribution < 1.29 is 0 Å². The van der Waals surface area contributed by atoms with Gasteiger partial charge in [-0.1, -0.05) is 12.8 Å². The maximum Gasteiger partial charge on any atom is 0.252 e. The molecule has 1 aromatic heterocycles. The number of aromatic nitrogens is 2. The SMILES string of the molecule is Cc1nc(N(CCN)C2CCCC2)cc(=O)[nH]1. The molecular weight excluding hydrogens is 216 g/mol. The molecule has 1 heterocycles. The lowest BCUT2D eigenvalue weighted by Gasteiger charge is -2.29. The molecule has 0 bridgehead atoms. The van der Waals surface area contributed by atoms with E-state index in [0.717, 1.165) is 12.4 Å². The van der Waals surface area contributed by atoms with Gasteiger partial charge in [0, 0.05) is 25.2 Å². The van der Waals surface area contributed by atoms with Crippen LogP contribution in [0.5, 0.6) is 0 Å². The number of rotatable bonds is 4. The minimum atomic E-state index is -0.0903. The molecule has 0 amide bonds. The lowest BCUT2D eigenvalue weighted by Crippen LogP contribution is -2.38. The summed E-state index contributed by atoms with van der Waals surface area (Å²) in [5.41, 5.74) is 5.56. The first-order valence-electron chi connectivity index (χ1n) is 6.25. The number of nitrogens with zero attached hydrogens (tertiary/aromatic N) is 2. The summed E-state index contributed by atoms with van der Waals surface area (Å²) in [7, 11) is 0. The van der Waals surface area contributed by atoms with Crippen LogP contribution in [0, 0.1) is 6.92 Å². The molecule has 0 aliphatic heterocycles. The van der Waals surface area contributed by atoms with Crippen molar-refractivity contribution in [1.82, 2.24) is 9.97 Å². The van der Waals surface area contributed by atoms with Crippen molar-refractivity contribution in [1.29, 1.82) is 0 Å². The third-order valence-electron chi connectivity index (χ3n) is 3.28. The molecule has 1 aromatic rings. The first kappa shape index (κ1) is 12.1. The summed E-state index contributed by atoms with van der Waals surface area (Å²) in [6.45, 7) is 3.16. The van der Waals surface area contributed by atoms with Gasteiger partial charge in [0.1, 0.15) is 11.6 Å². The third-order valence-corrected chi connectivity index (χ3v) is 3.28. The maximum absolute atomic E-state index is 11.5. The summed E-state index contributed by atoms with van der Waals surface area (Å²) in [6.07, 6.45) is 4.86. The standard InChI is InChI=1S/C12H20N4O/c1-9-14-11(8-12(17)15-9)16(7-6-13)10-4-2-3-5-10/h8,10H,2-7,13H2,1H3,(H,14,15,17). The van der Waals surface area contributed by atoms with E-state index in [0.29, 0.717) is 18.4 Å². The summed E-state index contributed by atoms with van der Waals surface area (Å²) >= 11 is 0. The molecule has 5 nitrogen and oxygen atoms in total. The fourth-order valence-corrected chi connectivity index (χ4v) is 2.55. The second-order valence-corrected chi connectivity index (χ2v) is 4.61. The van der Waals surface area contributed by atoms with E-state index in [-0.39, 0.29) is 5.56 Å². The number of H-pyrrole nitrogens is 1. The molecule has 0 saturated heterocycles. The average Bonchev–Trinajstić information content (AvgIpc) is 2.77. The maximum atomic E-state index is 11.5. The lowest BCUT2D eigenvalue weighted by molar-refractivity contribution is 0.600. The van der Waals surface area contributed by atoms with Crippen LogP contribution in [0.3, 0.4) is 0 Å².